The zero-order chi connectivity index (χ0) is 17.7. The van der Waals surface area contributed by atoms with Crippen LogP contribution in [0, 0.1) is 3.57 Å². The molecule has 0 spiro atoms. The minimum Gasteiger partial charge on any atom is -0.325 e. The van der Waals surface area contributed by atoms with Crippen molar-refractivity contribution >= 4 is 60.1 Å². The molecule has 0 aliphatic carbocycles. The maximum Gasteiger partial charge on any atom is 0.239 e. The Morgan fingerprint density at radius 2 is 1.71 bits per heavy atom. The van der Waals surface area contributed by atoms with Crippen molar-refractivity contribution in [2.45, 2.75) is 6.54 Å². The highest BCUT2D eigenvalue weighted by Crippen LogP contribution is 2.15. The Hall–Kier alpha value is -0.970. The fourth-order valence-corrected chi connectivity index (χ4v) is 3.34. The minimum absolute atomic E-state index is 0.145. The summed E-state index contributed by atoms with van der Waals surface area (Å²) in [5, 5.41) is 2.71. The first-order valence-corrected chi connectivity index (χ1v) is 10.7. The van der Waals surface area contributed by atoms with Crippen LogP contribution in [-0.2, 0) is 21.4 Å². The molecule has 5 nitrogen and oxygen atoms in total. The lowest BCUT2D eigenvalue weighted by atomic mass is 10.2. The third kappa shape index (κ3) is 6.15. The van der Waals surface area contributed by atoms with Crippen LogP contribution in [0.15, 0.2) is 53.0 Å². The third-order valence-electron chi connectivity index (χ3n) is 3.19. The van der Waals surface area contributed by atoms with Crippen LogP contribution in [0.2, 0.25) is 0 Å². The molecule has 0 heterocycles. The van der Waals surface area contributed by atoms with Gasteiger partial charge in [-0.1, -0.05) is 28.1 Å². The predicted octanol–water partition coefficient (Wildman–Crippen LogP) is 3.45. The van der Waals surface area contributed by atoms with Crippen molar-refractivity contribution in [3.05, 3.63) is 62.1 Å². The molecule has 2 aromatic rings. The highest BCUT2D eigenvalue weighted by atomic mass is 127. The number of nitrogens with one attached hydrogen (secondary N) is 1. The summed E-state index contributed by atoms with van der Waals surface area (Å²) in [6.07, 6.45) is 1.10. The van der Waals surface area contributed by atoms with E-state index in [-0.39, 0.29) is 19.0 Å². The molecule has 8 heteroatoms. The Morgan fingerprint density at radius 3 is 2.25 bits per heavy atom. The van der Waals surface area contributed by atoms with Gasteiger partial charge in [-0.05, 0) is 64.6 Å². The molecule has 0 fully saturated rings. The molecule has 0 aromatic heterocycles. The first-order chi connectivity index (χ1) is 11.2. The van der Waals surface area contributed by atoms with E-state index in [0.29, 0.717) is 5.69 Å². The number of hydrogen-bond donors (Lipinski definition) is 1. The predicted molar refractivity (Wildman–Crippen MR) is 107 cm³/mol. The van der Waals surface area contributed by atoms with E-state index in [4.69, 9.17) is 0 Å². The number of sulfonamides is 1. The molecule has 2 rings (SSSR count). The number of nitrogens with zero attached hydrogens (tertiary/aromatic N) is 1. The molecule has 2 aromatic carbocycles. The van der Waals surface area contributed by atoms with Gasteiger partial charge in [-0.2, -0.15) is 4.31 Å². The first-order valence-electron chi connectivity index (χ1n) is 6.99. The van der Waals surface area contributed by atoms with Gasteiger partial charge in [-0.3, -0.25) is 4.79 Å². The van der Waals surface area contributed by atoms with Crippen LogP contribution in [0.1, 0.15) is 5.56 Å². The molecular formula is C16H16BrIN2O3S. The lowest BCUT2D eigenvalue weighted by Crippen LogP contribution is -2.36. The number of carbonyl (C=O) groups excluding carboxylic acids is 1. The van der Waals surface area contributed by atoms with Gasteiger partial charge in [0.05, 0.1) is 12.8 Å². The van der Waals surface area contributed by atoms with Crippen molar-refractivity contribution in [2.75, 3.05) is 18.1 Å². The van der Waals surface area contributed by atoms with Crippen molar-refractivity contribution in [3.8, 4) is 0 Å². The normalized spacial score (nSPS) is 11.5. The lowest BCUT2D eigenvalue weighted by Gasteiger charge is -2.19. The highest BCUT2D eigenvalue weighted by molar-refractivity contribution is 14.1. The average Bonchev–Trinajstić information content (AvgIpc) is 2.50. The fraction of sp³-hybridized carbons (Fsp3) is 0.188. The van der Waals surface area contributed by atoms with Crippen molar-refractivity contribution < 1.29 is 13.2 Å². The third-order valence-corrected chi connectivity index (χ3v) is 5.63. The summed E-state index contributed by atoms with van der Waals surface area (Å²) in [5.74, 6) is -0.376. The summed E-state index contributed by atoms with van der Waals surface area (Å²) >= 11 is 5.51. The summed E-state index contributed by atoms with van der Waals surface area (Å²) in [6, 6.07) is 14.6. The van der Waals surface area contributed by atoms with Crippen molar-refractivity contribution in [3.63, 3.8) is 0 Å². The topological polar surface area (TPSA) is 66.5 Å². The number of rotatable bonds is 6. The number of amides is 1. The second-order valence-electron chi connectivity index (χ2n) is 5.21. The second kappa shape index (κ2) is 8.41. The number of anilines is 1. The molecule has 0 atom stereocenters. The molecule has 0 saturated heterocycles. The molecular weight excluding hydrogens is 507 g/mol. The van der Waals surface area contributed by atoms with E-state index >= 15 is 0 Å². The van der Waals surface area contributed by atoms with Crippen LogP contribution >= 0.6 is 38.5 Å². The SMILES string of the molecule is CS(=O)(=O)N(CC(=O)Nc1ccc(I)cc1)Cc1ccc(Br)cc1. The van der Waals surface area contributed by atoms with Gasteiger partial charge in [0.25, 0.3) is 0 Å². The van der Waals surface area contributed by atoms with Crippen LogP contribution in [0.25, 0.3) is 0 Å². The van der Waals surface area contributed by atoms with E-state index in [1.165, 1.54) is 0 Å². The van der Waals surface area contributed by atoms with E-state index in [1.54, 1.807) is 12.1 Å². The maximum atomic E-state index is 12.2. The van der Waals surface area contributed by atoms with Gasteiger partial charge < -0.3 is 5.32 Å². The number of hydrogen-bond acceptors (Lipinski definition) is 3. The molecule has 0 saturated carbocycles. The standard InChI is InChI=1S/C16H16BrIN2O3S/c1-24(22,23)20(10-12-2-4-13(17)5-3-12)11-16(21)19-15-8-6-14(18)7-9-15/h2-9H,10-11H2,1H3,(H,19,21). The summed E-state index contributed by atoms with van der Waals surface area (Å²) in [6.45, 7) is -0.0902. The fourth-order valence-electron chi connectivity index (χ4n) is 1.98. The molecule has 0 aliphatic heterocycles. The number of halogens is 2. The van der Waals surface area contributed by atoms with E-state index in [2.05, 4.69) is 43.8 Å². The van der Waals surface area contributed by atoms with Gasteiger partial charge in [0.2, 0.25) is 15.9 Å². The van der Waals surface area contributed by atoms with Gasteiger partial charge in [0, 0.05) is 20.3 Å². The molecule has 1 amide bonds. The van der Waals surface area contributed by atoms with Crippen LogP contribution in [0.3, 0.4) is 0 Å². The minimum atomic E-state index is -3.51. The summed E-state index contributed by atoms with van der Waals surface area (Å²) < 4.78 is 27.1. The van der Waals surface area contributed by atoms with Gasteiger partial charge in [-0.25, -0.2) is 8.42 Å². The van der Waals surface area contributed by atoms with Crippen LogP contribution in [0.4, 0.5) is 5.69 Å². The van der Waals surface area contributed by atoms with Crippen molar-refractivity contribution in [2.24, 2.45) is 0 Å². The van der Waals surface area contributed by atoms with E-state index in [1.807, 2.05) is 36.4 Å². The zero-order valence-electron chi connectivity index (χ0n) is 12.9. The number of benzene rings is 2. The van der Waals surface area contributed by atoms with Crippen molar-refractivity contribution in [1.29, 1.82) is 0 Å². The van der Waals surface area contributed by atoms with Gasteiger partial charge in [0.1, 0.15) is 0 Å². The van der Waals surface area contributed by atoms with Crippen molar-refractivity contribution in [1.82, 2.24) is 4.31 Å². The zero-order valence-corrected chi connectivity index (χ0v) is 17.4. The monoisotopic (exact) mass is 522 g/mol. The Labute approximate surface area is 163 Å². The summed E-state index contributed by atoms with van der Waals surface area (Å²) in [4.78, 5) is 12.2. The Bertz CT molecular complexity index is 808. The van der Waals surface area contributed by atoms with Gasteiger partial charge >= 0.3 is 0 Å². The first kappa shape index (κ1) is 19.4. The molecule has 128 valence electrons. The van der Waals surface area contributed by atoms with Gasteiger partial charge in [-0.15, -0.1) is 0 Å². The summed E-state index contributed by atoms with van der Waals surface area (Å²) in [7, 11) is -3.51. The largest absolute Gasteiger partial charge is 0.325 e. The molecule has 0 bridgehead atoms. The average molecular weight is 523 g/mol. The Morgan fingerprint density at radius 1 is 1.12 bits per heavy atom. The molecule has 0 aliphatic rings. The molecule has 0 unspecified atom stereocenters. The second-order valence-corrected chi connectivity index (χ2v) is 9.36. The lowest BCUT2D eigenvalue weighted by molar-refractivity contribution is -0.116. The summed E-state index contributed by atoms with van der Waals surface area (Å²) in [5.41, 5.74) is 1.45. The van der Waals surface area contributed by atoms with Gasteiger partial charge in [0.15, 0.2) is 0 Å². The highest BCUT2D eigenvalue weighted by Gasteiger charge is 2.20. The smallest absolute Gasteiger partial charge is 0.239 e. The molecule has 1 N–H and O–H groups in total. The Kier molecular flexibility index (Phi) is 6.79. The molecule has 24 heavy (non-hydrogen) atoms. The van der Waals surface area contributed by atoms with Crippen LogP contribution < -0.4 is 5.32 Å². The van der Waals surface area contributed by atoms with Crippen LogP contribution in [-0.4, -0.2) is 31.4 Å². The van der Waals surface area contributed by atoms with E-state index in [9.17, 15) is 13.2 Å². The quantitative estimate of drug-likeness (QED) is 0.591. The van der Waals surface area contributed by atoms with Crippen LogP contribution in [0.5, 0.6) is 0 Å². The Balaban J connectivity index is 2.06. The van der Waals surface area contributed by atoms with E-state index < -0.39 is 10.0 Å². The molecule has 0 radical (unpaired) electrons. The number of carbonyl (C=O) groups is 1. The van der Waals surface area contributed by atoms with E-state index in [0.717, 1.165) is 24.2 Å². The maximum absolute atomic E-state index is 12.2.